The minimum atomic E-state index is -1.15. The van der Waals surface area contributed by atoms with Crippen LogP contribution in [0.4, 0.5) is 4.79 Å². The third-order valence-corrected chi connectivity index (χ3v) is 5.33. The highest BCUT2D eigenvalue weighted by Gasteiger charge is 2.47. The molecule has 8 nitrogen and oxygen atoms in total. The molecule has 0 bridgehead atoms. The molecule has 1 aromatic carbocycles. The number of carbonyl (C=O) groups is 2. The van der Waals surface area contributed by atoms with Crippen LogP contribution in [0.15, 0.2) is 53.8 Å². The number of carboxylic acid groups (broad SMARTS) is 1. The zero-order valence-corrected chi connectivity index (χ0v) is 15.2. The predicted molar refractivity (Wildman–Crippen MR) is 102 cm³/mol. The first-order valence-electron chi connectivity index (χ1n) is 8.98. The van der Waals surface area contributed by atoms with Gasteiger partial charge in [0, 0.05) is 18.8 Å². The summed E-state index contributed by atoms with van der Waals surface area (Å²) in [4.78, 5) is 33.4. The van der Waals surface area contributed by atoms with E-state index in [1.807, 2.05) is 36.4 Å². The van der Waals surface area contributed by atoms with E-state index in [-0.39, 0.29) is 24.7 Å². The third kappa shape index (κ3) is 3.01. The van der Waals surface area contributed by atoms with E-state index in [0.717, 1.165) is 21.6 Å². The van der Waals surface area contributed by atoms with Crippen molar-refractivity contribution < 1.29 is 19.8 Å². The van der Waals surface area contributed by atoms with E-state index in [1.165, 1.54) is 0 Å². The molecular formula is C20H20N4O4. The highest BCUT2D eigenvalue weighted by Crippen LogP contribution is 2.31. The molecule has 3 N–H and O–H groups in total. The van der Waals surface area contributed by atoms with Gasteiger partial charge in [-0.3, -0.25) is 14.7 Å². The standard InChI is InChI=1S/C20H20N4O4/c1-20(14-6-4-12(5-7-14)13-3-2-8-21-10-13)18(26)22-17(23-20)16-9-15(25)11-24(16)19(27)28/h2-8,10,15-16,25H,9,11H2,1H3,(H,27,28)(H,22,23,26)/t15-,16?,20?/m1/s1. The number of hydrogen-bond acceptors (Lipinski definition) is 5. The number of nitrogens with zero attached hydrogens (tertiary/aromatic N) is 3. The van der Waals surface area contributed by atoms with Gasteiger partial charge in [-0.15, -0.1) is 0 Å². The van der Waals surface area contributed by atoms with Gasteiger partial charge in [0.1, 0.15) is 11.4 Å². The normalized spacial score (nSPS) is 26.9. The highest BCUT2D eigenvalue weighted by atomic mass is 16.4. The van der Waals surface area contributed by atoms with Crippen LogP contribution in [0, 0.1) is 0 Å². The van der Waals surface area contributed by atoms with Gasteiger partial charge in [-0.2, -0.15) is 4.99 Å². The number of β-amino-alcohol motifs (C(OH)–C–C–N with tert-alkyl or cyclic N) is 1. The molecule has 4 rings (SSSR count). The first kappa shape index (κ1) is 18.1. The number of rotatable bonds is 3. The van der Waals surface area contributed by atoms with Crippen molar-refractivity contribution in [1.82, 2.24) is 15.2 Å². The zero-order chi connectivity index (χ0) is 19.9. The van der Waals surface area contributed by atoms with Gasteiger partial charge >= 0.3 is 6.09 Å². The molecule has 2 aromatic rings. The third-order valence-electron chi connectivity index (χ3n) is 5.33. The smallest absolute Gasteiger partial charge is 0.408 e. The topological polar surface area (TPSA) is 115 Å². The van der Waals surface area contributed by atoms with E-state index in [0.29, 0.717) is 0 Å². The molecule has 0 aliphatic carbocycles. The molecule has 2 aliphatic rings. The van der Waals surface area contributed by atoms with Gasteiger partial charge in [-0.05, 0) is 29.7 Å². The lowest BCUT2D eigenvalue weighted by molar-refractivity contribution is -0.122. The fourth-order valence-electron chi connectivity index (χ4n) is 3.73. The zero-order valence-electron chi connectivity index (χ0n) is 15.2. The molecule has 0 saturated carbocycles. The number of aliphatic hydroxyl groups is 1. The second-order valence-corrected chi connectivity index (χ2v) is 7.21. The van der Waals surface area contributed by atoms with Crippen molar-refractivity contribution in [3.63, 3.8) is 0 Å². The van der Waals surface area contributed by atoms with Crippen LogP contribution in [0.25, 0.3) is 11.1 Å². The van der Waals surface area contributed by atoms with Gasteiger partial charge in [0.15, 0.2) is 0 Å². The monoisotopic (exact) mass is 380 g/mol. The number of aromatic nitrogens is 1. The lowest BCUT2D eigenvalue weighted by Gasteiger charge is -2.27. The number of aliphatic imine (C=N–C) groups is 1. The second-order valence-electron chi connectivity index (χ2n) is 7.21. The number of amides is 2. The first-order chi connectivity index (χ1) is 13.4. The summed E-state index contributed by atoms with van der Waals surface area (Å²) in [6.45, 7) is 1.73. The lowest BCUT2D eigenvalue weighted by atomic mass is 9.90. The maximum absolute atomic E-state index is 12.7. The molecule has 3 atom stereocenters. The van der Waals surface area contributed by atoms with Gasteiger partial charge in [0.25, 0.3) is 5.91 Å². The Kier molecular flexibility index (Phi) is 4.35. The van der Waals surface area contributed by atoms with Crippen LogP contribution in [0.3, 0.4) is 0 Å². The van der Waals surface area contributed by atoms with Crippen molar-refractivity contribution in [3.8, 4) is 11.1 Å². The van der Waals surface area contributed by atoms with Crippen molar-refractivity contribution in [2.45, 2.75) is 31.0 Å². The molecule has 28 heavy (non-hydrogen) atoms. The summed E-state index contributed by atoms with van der Waals surface area (Å²) in [5.74, 6) is -0.105. The van der Waals surface area contributed by atoms with Crippen LogP contribution >= 0.6 is 0 Å². The first-order valence-corrected chi connectivity index (χ1v) is 8.98. The lowest BCUT2D eigenvalue weighted by Crippen LogP contribution is -2.49. The molecule has 8 heteroatoms. The van der Waals surface area contributed by atoms with Crippen LogP contribution in [0.5, 0.6) is 0 Å². The van der Waals surface area contributed by atoms with Crippen LogP contribution in [-0.4, -0.2) is 56.6 Å². The average molecular weight is 380 g/mol. The summed E-state index contributed by atoms with van der Waals surface area (Å²) in [5, 5.41) is 22.3. The van der Waals surface area contributed by atoms with E-state index in [2.05, 4.69) is 15.3 Å². The quantitative estimate of drug-likeness (QED) is 0.745. The molecule has 2 amide bonds. The Bertz CT molecular complexity index is 944. The van der Waals surface area contributed by atoms with E-state index in [4.69, 9.17) is 0 Å². The van der Waals surface area contributed by atoms with Crippen molar-refractivity contribution in [1.29, 1.82) is 0 Å². The van der Waals surface area contributed by atoms with Crippen molar-refractivity contribution >= 4 is 17.8 Å². The van der Waals surface area contributed by atoms with Gasteiger partial charge in [0.05, 0.1) is 18.7 Å². The summed E-state index contributed by atoms with van der Waals surface area (Å²) >= 11 is 0. The summed E-state index contributed by atoms with van der Waals surface area (Å²) in [6, 6.07) is 10.7. The van der Waals surface area contributed by atoms with E-state index in [1.54, 1.807) is 19.3 Å². The minimum absolute atomic E-state index is 0.00537. The Labute approximate surface area is 161 Å². The number of amidine groups is 1. The maximum Gasteiger partial charge on any atom is 0.408 e. The molecular weight excluding hydrogens is 360 g/mol. The predicted octanol–water partition coefficient (Wildman–Crippen LogP) is 1.61. The van der Waals surface area contributed by atoms with Crippen molar-refractivity contribution in [3.05, 3.63) is 54.4 Å². The van der Waals surface area contributed by atoms with Crippen molar-refractivity contribution in [2.75, 3.05) is 6.54 Å². The Morgan fingerprint density at radius 1 is 1.25 bits per heavy atom. The number of aliphatic hydroxyl groups excluding tert-OH is 1. The van der Waals surface area contributed by atoms with Gasteiger partial charge in [0.2, 0.25) is 0 Å². The average Bonchev–Trinajstić information content (AvgIpc) is 3.23. The summed E-state index contributed by atoms with van der Waals surface area (Å²) < 4.78 is 0. The molecule has 1 saturated heterocycles. The number of hydrogen-bond donors (Lipinski definition) is 3. The van der Waals surface area contributed by atoms with Gasteiger partial charge < -0.3 is 15.5 Å². The maximum atomic E-state index is 12.7. The Morgan fingerprint density at radius 3 is 2.64 bits per heavy atom. The second kappa shape index (κ2) is 6.72. The SMILES string of the molecule is CC1(c2ccc(-c3cccnc3)cc2)NC(C2C[C@@H](O)CN2C(=O)O)=NC1=O. The van der Waals surface area contributed by atoms with E-state index < -0.39 is 23.8 Å². The molecule has 2 unspecified atom stereocenters. The summed E-state index contributed by atoms with van der Waals surface area (Å²) in [7, 11) is 0. The van der Waals surface area contributed by atoms with Crippen LogP contribution in [0.1, 0.15) is 18.9 Å². The Balaban J connectivity index is 1.58. The summed E-state index contributed by atoms with van der Waals surface area (Å²) in [6.07, 6.45) is 1.77. The molecule has 0 radical (unpaired) electrons. The Morgan fingerprint density at radius 2 is 2.00 bits per heavy atom. The van der Waals surface area contributed by atoms with Gasteiger partial charge in [-0.1, -0.05) is 30.3 Å². The molecule has 1 fully saturated rings. The number of benzene rings is 1. The van der Waals surface area contributed by atoms with Crippen LogP contribution < -0.4 is 5.32 Å². The molecule has 144 valence electrons. The van der Waals surface area contributed by atoms with Crippen LogP contribution in [0.2, 0.25) is 0 Å². The largest absolute Gasteiger partial charge is 0.465 e. The van der Waals surface area contributed by atoms with Crippen LogP contribution in [-0.2, 0) is 10.3 Å². The molecule has 3 heterocycles. The van der Waals surface area contributed by atoms with Crippen molar-refractivity contribution in [2.24, 2.45) is 4.99 Å². The minimum Gasteiger partial charge on any atom is -0.465 e. The van der Waals surface area contributed by atoms with E-state index >= 15 is 0 Å². The van der Waals surface area contributed by atoms with Gasteiger partial charge in [-0.25, -0.2) is 4.79 Å². The highest BCUT2D eigenvalue weighted by molar-refractivity contribution is 6.09. The fraction of sp³-hybridized carbons (Fsp3) is 0.300. The Hall–Kier alpha value is -3.26. The number of carbonyl (C=O) groups excluding carboxylic acids is 1. The molecule has 0 spiro atoms. The number of pyridine rings is 1. The number of nitrogens with one attached hydrogen (secondary N) is 1. The van der Waals surface area contributed by atoms with E-state index in [9.17, 15) is 19.8 Å². The molecule has 1 aromatic heterocycles. The fourth-order valence-corrected chi connectivity index (χ4v) is 3.73. The summed E-state index contributed by atoms with van der Waals surface area (Å²) in [5.41, 5.74) is 1.59. The molecule has 2 aliphatic heterocycles. The number of likely N-dealkylation sites (tertiary alicyclic amines) is 1.